The maximum absolute atomic E-state index is 12.5. The van der Waals surface area contributed by atoms with Crippen LogP contribution < -0.4 is 5.19 Å². The van der Waals surface area contributed by atoms with Crippen LogP contribution in [0, 0.1) is 6.92 Å². The van der Waals surface area contributed by atoms with Crippen molar-refractivity contribution >= 4 is 19.2 Å². The van der Waals surface area contributed by atoms with Crippen molar-refractivity contribution in [2.24, 2.45) is 0 Å². The molecule has 2 aromatic rings. The topological polar surface area (TPSA) is 52.3 Å². The summed E-state index contributed by atoms with van der Waals surface area (Å²) in [4.78, 5) is 17.0. The van der Waals surface area contributed by atoms with Crippen LogP contribution in [0.1, 0.15) is 23.0 Å². The number of esters is 1. The summed E-state index contributed by atoms with van der Waals surface area (Å²) in [7, 11) is -1.73. The van der Waals surface area contributed by atoms with Crippen molar-refractivity contribution in [2.45, 2.75) is 33.5 Å². The van der Waals surface area contributed by atoms with Crippen molar-refractivity contribution in [2.75, 3.05) is 6.61 Å². The van der Waals surface area contributed by atoms with Crippen LogP contribution in [0.25, 0.3) is 11.5 Å². The monoisotopic (exact) mass is 303 g/mol. The minimum atomic E-state index is -1.73. The molecule has 112 valence electrons. The molecule has 0 atom stereocenters. The molecule has 4 nitrogen and oxygen atoms in total. The number of carbonyl (C=O) groups excluding carboxylic acids is 1. The summed E-state index contributed by atoms with van der Waals surface area (Å²) in [6.45, 7) is 10.7. The van der Waals surface area contributed by atoms with Crippen LogP contribution >= 0.6 is 0 Å². The summed E-state index contributed by atoms with van der Waals surface area (Å²) in [5, 5.41) is 1.06. The van der Waals surface area contributed by atoms with Gasteiger partial charge >= 0.3 is 5.97 Å². The van der Waals surface area contributed by atoms with E-state index in [9.17, 15) is 4.79 Å². The van der Waals surface area contributed by atoms with Gasteiger partial charge in [-0.25, -0.2) is 9.78 Å². The third-order valence-electron chi connectivity index (χ3n) is 3.19. The highest BCUT2D eigenvalue weighted by atomic mass is 28.3. The van der Waals surface area contributed by atoms with Gasteiger partial charge in [-0.3, -0.25) is 0 Å². The van der Waals surface area contributed by atoms with E-state index in [2.05, 4.69) is 24.6 Å². The molecule has 0 aromatic carbocycles. The summed E-state index contributed by atoms with van der Waals surface area (Å²) >= 11 is 0. The van der Waals surface area contributed by atoms with E-state index in [1.807, 2.05) is 19.1 Å². The maximum Gasteiger partial charge on any atom is 0.340 e. The van der Waals surface area contributed by atoms with E-state index in [-0.39, 0.29) is 5.97 Å². The second kappa shape index (κ2) is 5.85. The molecule has 0 aliphatic heterocycles. The molecule has 2 aromatic heterocycles. The molecule has 0 aliphatic carbocycles. The summed E-state index contributed by atoms with van der Waals surface area (Å²) in [6.07, 6.45) is 1.59. The Morgan fingerprint density at radius 3 is 2.62 bits per heavy atom. The van der Waals surface area contributed by atoms with E-state index in [4.69, 9.17) is 9.15 Å². The molecule has 0 spiro atoms. The molecule has 5 heteroatoms. The molecule has 0 radical (unpaired) electrons. The fraction of sp³-hybridized carbons (Fsp3) is 0.375. The van der Waals surface area contributed by atoms with Crippen LogP contribution in [0.15, 0.2) is 28.9 Å². The first-order valence-electron chi connectivity index (χ1n) is 7.07. The molecule has 2 rings (SSSR count). The number of carbonyl (C=O) groups is 1. The lowest BCUT2D eigenvalue weighted by Crippen LogP contribution is -2.42. The first kappa shape index (κ1) is 15.5. The molecule has 0 amide bonds. The Kier molecular flexibility index (Phi) is 4.32. The zero-order valence-electron chi connectivity index (χ0n) is 13.2. The van der Waals surface area contributed by atoms with E-state index in [0.717, 1.165) is 10.9 Å². The number of furan rings is 1. The number of hydrogen-bond donors (Lipinski definition) is 0. The summed E-state index contributed by atoms with van der Waals surface area (Å²) in [5.41, 5.74) is 2.01. The number of aromatic nitrogens is 1. The number of nitrogens with zero attached hydrogens (tertiary/aromatic N) is 1. The molecule has 2 heterocycles. The molecule has 21 heavy (non-hydrogen) atoms. The second-order valence-electron chi connectivity index (χ2n) is 5.98. The Morgan fingerprint density at radius 1 is 1.38 bits per heavy atom. The van der Waals surface area contributed by atoms with Gasteiger partial charge in [0.1, 0.15) is 5.69 Å². The third-order valence-corrected chi connectivity index (χ3v) is 5.20. The Labute approximate surface area is 126 Å². The molecule has 0 N–H and O–H groups in total. The van der Waals surface area contributed by atoms with Crippen molar-refractivity contribution in [3.05, 3.63) is 35.7 Å². The molecule has 0 saturated heterocycles. The lowest BCUT2D eigenvalue weighted by Gasteiger charge is -2.22. The predicted molar refractivity (Wildman–Crippen MR) is 85.6 cm³/mol. The van der Waals surface area contributed by atoms with Crippen molar-refractivity contribution in [3.8, 4) is 11.5 Å². The first-order valence-corrected chi connectivity index (χ1v) is 10.6. The summed E-state index contributed by atoms with van der Waals surface area (Å²) in [5.74, 6) is 0.273. The average molecular weight is 303 g/mol. The Balaban J connectivity index is 2.74. The number of aryl methyl sites for hydroxylation is 1. The van der Waals surface area contributed by atoms with Crippen LogP contribution in [0.3, 0.4) is 0 Å². The SMILES string of the molecule is CCOC(=O)c1c([Si](C)(C)C)cc(C)nc1-c1ccco1. The van der Waals surface area contributed by atoms with Crippen LogP contribution in [0.4, 0.5) is 0 Å². The highest BCUT2D eigenvalue weighted by molar-refractivity contribution is 6.89. The predicted octanol–water partition coefficient (Wildman–Crippen LogP) is 3.37. The van der Waals surface area contributed by atoms with Crippen LogP contribution in [-0.2, 0) is 4.74 Å². The Morgan fingerprint density at radius 2 is 2.10 bits per heavy atom. The van der Waals surface area contributed by atoms with Gasteiger partial charge in [-0.05, 0) is 37.2 Å². The first-order chi connectivity index (χ1) is 9.84. The number of hydrogen-bond acceptors (Lipinski definition) is 4. The molecule has 0 unspecified atom stereocenters. The quantitative estimate of drug-likeness (QED) is 0.642. The Bertz CT molecular complexity index is 642. The van der Waals surface area contributed by atoms with Crippen molar-refractivity contribution in [3.63, 3.8) is 0 Å². The summed E-state index contributed by atoms with van der Waals surface area (Å²) < 4.78 is 10.7. The maximum atomic E-state index is 12.5. The van der Waals surface area contributed by atoms with E-state index in [1.165, 1.54) is 0 Å². The van der Waals surface area contributed by atoms with Gasteiger partial charge in [0.25, 0.3) is 0 Å². The molecule has 0 fully saturated rings. The minimum absolute atomic E-state index is 0.325. The molecule has 0 aliphatic rings. The largest absolute Gasteiger partial charge is 0.463 e. The minimum Gasteiger partial charge on any atom is -0.463 e. The highest BCUT2D eigenvalue weighted by Gasteiger charge is 2.29. The number of rotatable bonds is 4. The average Bonchev–Trinajstić information content (AvgIpc) is 2.90. The lowest BCUT2D eigenvalue weighted by molar-refractivity contribution is 0.0528. The van der Waals surface area contributed by atoms with Crippen molar-refractivity contribution in [1.29, 1.82) is 0 Å². The van der Waals surface area contributed by atoms with Gasteiger partial charge in [-0.1, -0.05) is 19.6 Å². The van der Waals surface area contributed by atoms with Gasteiger partial charge in [0.2, 0.25) is 0 Å². The molecular formula is C16H21NO3Si. The number of pyridine rings is 1. The summed E-state index contributed by atoms with van der Waals surface area (Å²) in [6, 6.07) is 5.62. The van der Waals surface area contributed by atoms with E-state index < -0.39 is 8.07 Å². The zero-order chi connectivity index (χ0) is 15.6. The van der Waals surface area contributed by atoms with Crippen molar-refractivity contribution < 1.29 is 13.9 Å². The van der Waals surface area contributed by atoms with Gasteiger partial charge in [-0.15, -0.1) is 0 Å². The van der Waals surface area contributed by atoms with Crippen LogP contribution in [0.2, 0.25) is 19.6 Å². The zero-order valence-corrected chi connectivity index (χ0v) is 14.2. The smallest absolute Gasteiger partial charge is 0.340 e. The van der Waals surface area contributed by atoms with E-state index in [1.54, 1.807) is 19.3 Å². The number of ether oxygens (including phenoxy) is 1. The van der Waals surface area contributed by atoms with Gasteiger partial charge < -0.3 is 9.15 Å². The van der Waals surface area contributed by atoms with Gasteiger partial charge in [0.05, 0.1) is 26.5 Å². The standard InChI is InChI=1S/C16H21NO3Si/c1-6-19-16(18)14-13(21(3,4)5)10-11(2)17-15(14)12-8-7-9-20-12/h7-10H,6H2,1-5H3. The van der Waals surface area contributed by atoms with E-state index in [0.29, 0.717) is 23.6 Å². The fourth-order valence-corrected chi connectivity index (χ4v) is 3.88. The van der Waals surface area contributed by atoms with E-state index >= 15 is 0 Å². The second-order valence-corrected chi connectivity index (χ2v) is 11.0. The normalized spacial score (nSPS) is 11.5. The highest BCUT2D eigenvalue weighted by Crippen LogP contribution is 2.24. The fourth-order valence-electron chi connectivity index (χ4n) is 2.27. The lowest BCUT2D eigenvalue weighted by atomic mass is 10.1. The third kappa shape index (κ3) is 3.24. The molecular weight excluding hydrogens is 282 g/mol. The van der Waals surface area contributed by atoms with Crippen molar-refractivity contribution in [1.82, 2.24) is 4.98 Å². The van der Waals surface area contributed by atoms with Crippen LogP contribution in [0.5, 0.6) is 0 Å². The van der Waals surface area contributed by atoms with Gasteiger partial charge in [0, 0.05) is 5.69 Å². The van der Waals surface area contributed by atoms with Crippen LogP contribution in [-0.4, -0.2) is 25.6 Å². The van der Waals surface area contributed by atoms with Gasteiger partial charge in [-0.2, -0.15) is 0 Å². The Hall–Kier alpha value is -1.88. The van der Waals surface area contributed by atoms with Gasteiger partial charge in [0.15, 0.2) is 5.76 Å². The molecule has 0 saturated carbocycles. The molecule has 0 bridgehead atoms.